The van der Waals surface area contributed by atoms with Crippen molar-refractivity contribution in [2.45, 2.75) is 6.92 Å². The van der Waals surface area contributed by atoms with Crippen LogP contribution in [0.4, 0.5) is 21.9 Å². The fourth-order valence-electron chi connectivity index (χ4n) is 1.80. The van der Waals surface area contributed by atoms with E-state index in [0.717, 1.165) is 10.4 Å². The Kier molecular flexibility index (Phi) is 4.97. The predicted molar refractivity (Wildman–Crippen MR) is 91.0 cm³/mol. The van der Waals surface area contributed by atoms with E-state index in [1.807, 2.05) is 0 Å². The van der Waals surface area contributed by atoms with Crippen LogP contribution in [0.1, 0.15) is 6.92 Å². The van der Waals surface area contributed by atoms with Gasteiger partial charge >= 0.3 is 6.03 Å². The first kappa shape index (κ1) is 16.5. The Bertz CT molecular complexity index is 734. The molecule has 0 aliphatic heterocycles. The van der Waals surface area contributed by atoms with Crippen LogP contribution in [0.3, 0.4) is 0 Å². The largest absolute Gasteiger partial charge is 0.508 e. The molecule has 0 heterocycles. The van der Waals surface area contributed by atoms with Gasteiger partial charge in [-0.15, -0.1) is 0 Å². The number of hydrogen-bond donors (Lipinski definition) is 5. The summed E-state index contributed by atoms with van der Waals surface area (Å²) >= 11 is 4.11. The summed E-state index contributed by atoms with van der Waals surface area (Å²) in [4.78, 5) is 23.1. The number of nitrogens with one attached hydrogen (secondary N) is 2. The molecule has 2 rings (SSSR count). The number of phenols is 2. The molecule has 2 aromatic carbocycles. The maximum atomic E-state index is 12.1. The molecular weight excluding hydrogens is 318 g/mol. The van der Waals surface area contributed by atoms with Crippen molar-refractivity contribution in [2.24, 2.45) is 0 Å². The number of urea groups is 1. The minimum atomic E-state index is -0.596. The molecule has 7 nitrogen and oxygen atoms in total. The monoisotopic (exact) mass is 333 g/mol. The number of thiol groups is 1. The fourth-order valence-corrected chi connectivity index (χ4v) is 1.98. The zero-order chi connectivity index (χ0) is 17.0. The Morgan fingerprint density at radius 1 is 1.04 bits per heavy atom. The van der Waals surface area contributed by atoms with E-state index < -0.39 is 6.03 Å². The average molecular weight is 333 g/mol. The normalized spacial score (nSPS) is 10.0. The van der Waals surface area contributed by atoms with Crippen LogP contribution in [0, 0.1) is 0 Å². The number of rotatable bonds is 3. The van der Waals surface area contributed by atoms with E-state index in [2.05, 4.69) is 23.4 Å². The molecule has 4 N–H and O–H groups in total. The molecule has 0 spiro atoms. The average Bonchev–Trinajstić information content (AvgIpc) is 2.49. The minimum Gasteiger partial charge on any atom is -0.508 e. The number of carbonyl (C=O) groups is 2. The first-order chi connectivity index (χ1) is 10.9. The van der Waals surface area contributed by atoms with Crippen LogP contribution in [0.15, 0.2) is 42.5 Å². The second-order valence-electron chi connectivity index (χ2n) is 4.67. The lowest BCUT2D eigenvalue weighted by atomic mass is 10.2. The van der Waals surface area contributed by atoms with Gasteiger partial charge in [-0.1, -0.05) is 12.8 Å². The summed E-state index contributed by atoms with van der Waals surface area (Å²) in [5.41, 5.74) is 1.21. The van der Waals surface area contributed by atoms with Gasteiger partial charge in [0.05, 0.1) is 11.4 Å². The molecule has 23 heavy (non-hydrogen) atoms. The van der Waals surface area contributed by atoms with Crippen LogP contribution in [0.25, 0.3) is 0 Å². The number of benzene rings is 2. The SMILES string of the molecule is CC(=O)Nc1ccc(N(S)C(=O)Nc2ccc(O)cc2O)cc1. The zero-order valence-corrected chi connectivity index (χ0v) is 13.0. The topological polar surface area (TPSA) is 102 Å². The molecule has 0 fully saturated rings. The van der Waals surface area contributed by atoms with Crippen molar-refractivity contribution >= 4 is 41.8 Å². The number of hydrogen-bond acceptors (Lipinski definition) is 5. The van der Waals surface area contributed by atoms with Gasteiger partial charge in [-0.2, -0.15) is 0 Å². The van der Waals surface area contributed by atoms with Gasteiger partial charge in [0.15, 0.2) is 0 Å². The van der Waals surface area contributed by atoms with Crippen LogP contribution in [0.5, 0.6) is 11.5 Å². The number of phenolic OH excluding ortho intramolecular Hbond substituents is 2. The highest BCUT2D eigenvalue weighted by Crippen LogP contribution is 2.28. The highest BCUT2D eigenvalue weighted by Gasteiger charge is 2.14. The molecule has 0 saturated carbocycles. The van der Waals surface area contributed by atoms with Crippen molar-refractivity contribution < 1.29 is 19.8 Å². The Hall–Kier alpha value is -2.87. The molecule has 0 aliphatic carbocycles. The molecule has 0 bridgehead atoms. The van der Waals surface area contributed by atoms with Gasteiger partial charge in [0.1, 0.15) is 11.5 Å². The van der Waals surface area contributed by atoms with Crippen molar-refractivity contribution in [2.75, 3.05) is 14.9 Å². The minimum absolute atomic E-state index is 0.114. The number of anilines is 3. The molecule has 0 aliphatic rings. The lowest BCUT2D eigenvalue weighted by Gasteiger charge is -2.17. The van der Waals surface area contributed by atoms with Crippen molar-refractivity contribution in [3.8, 4) is 11.5 Å². The Labute approximate surface area is 138 Å². The quantitative estimate of drug-likeness (QED) is 0.338. The van der Waals surface area contributed by atoms with Gasteiger partial charge in [-0.05, 0) is 36.4 Å². The molecule has 0 radical (unpaired) electrons. The van der Waals surface area contributed by atoms with Crippen molar-refractivity contribution in [3.05, 3.63) is 42.5 Å². The summed E-state index contributed by atoms with van der Waals surface area (Å²) in [6.45, 7) is 1.40. The van der Waals surface area contributed by atoms with Crippen molar-refractivity contribution in [3.63, 3.8) is 0 Å². The molecule has 0 aromatic heterocycles. The molecule has 2 aromatic rings. The van der Waals surface area contributed by atoms with Gasteiger partial charge in [0.2, 0.25) is 5.91 Å². The van der Waals surface area contributed by atoms with Crippen LogP contribution in [0.2, 0.25) is 0 Å². The number of carbonyl (C=O) groups excluding carboxylic acids is 2. The second kappa shape index (κ2) is 6.93. The smallest absolute Gasteiger partial charge is 0.336 e. The lowest BCUT2D eigenvalue weighted by molar-refractivity contribution is -0.114. The number of nitrogens with zero attached hydrogens (tertiary/aromatic N) is 1. The maximum absolute atomic E-state index is 12.1. The van der Waals surface area contributed by atoms with Gasteiger partial charge in [0, 0.05) is 18.7 Å². The van der Waals surface area contributed by atoms with E-state index in [9.17, 15) is 19.8 Å². The molecule has 8 heteroatoms. The summed E-state index contributed by atoms with van der Waals surface area (Å²) in [6, 6.07) is 9.69. The van der Waals surface area contributed by atoms with E-state index in [1.165, 1.54) is 19.1 Å². The third kappa shape index (κ3) is 4.30. The number of amides is 3. The van der Waals surface area contributed by atoms with Crippen LogP contribution in [-0.4, -0.2) is 22.2 Å². The van der Waals surface area contributed by atoms with Crippen molar-refractivity contribution in [1.29, 1.82) is 0 Å². The molecule has 120 valence electrons. The van der Waals surface area contributed by atoms with E-state index in [0.29, 0.717) is 11.4 Å². The maximum Gasteiger partial charge on any atom is 0.336 e. The third-order valence-electron chi connectivity index (χ3n) is 2.85. The first-order valence-corrected chi connectivity index (χ1v) is 6.96. The van der Waals surface area contributed by atoms with Crippen LogP contribution >= 0.6 is 12.8 Å². The molecule has 0 atom stereocenters. The van der Waals surface area contributed by atoms with E-state index in [1.54, 1.807) is 24.3 Å². The third-order valence-corrected chi connectivity index (χ3v) is 3.26. The van der Waals surface area contributed by atoms with Crippen LogP contribution in [-0.2, 0) is 4.79 Å². The summed E-state index contributed by atoms with van der Waals surface area (Å²) in [6.07, 6.45) is 0. The standard InChI is InChI=1S/C15H15N3O4S/c1-9(19)16-10-2-4-11(5-3-10)18(23)15(22)17-13-7-6-12(20)8-14(13)21/h2-8,20-21,23H,1H3,(H,16,19)(H,17,22). The van der Waals surface area contributed by atoms with E-state index >= 15 is 0 Å². The molecular formula is C15H15N3O4S. The van der Waals surface area contributed by atoms with Gasteiger partial charge in [0.25, 0.3) is 0 Å². The first-order valence-electron chi connectivity index (χ1n) is 6.56. The van der Waals surface area contributed by atoms with E-state index in [-0.39, 0.29) is 23.1 Å². The number of aromatic hydroxyl groups is 2. The fraction of sp³-hybridized carbons (Fsp3) is 0.0667. The van der Waals surface area contributed by atoms with Crippen LogP contribution < -0.4 is 14.9 Å². The Morgan fingerprint density at radius 3 is 2.26 bits per heavy atom. The van der Waals surface area contributed by atoms with E-state index in [4.69, 9.17) is 0 Å². The molecule has 0 saturated heterocycles. The Morgan fingerprint density at radius 2 is 1.70 bits per heavy atom. The van der Waals surface area contributed by atoms with Crippen molar-refractivity contribution in [1.82, 2.24) is 0 Å². The van der Waals surface area contributed by atoms with Gasteiger partial charge in [-0.25, -0.2) is 9.10 Å². The van der Waals surface area contributed by atoms with Gasteiger partial charge in [-0.3, -0.25) is 4.79 Å². The second-order valence-corrected chi connectivity index (χ2v) is 5.07. The summed E-state index contributed by atoms with van der Waals surface area (Å²) in [5.74, 6) is -0.570. The zero-order valence-electron chi connectivity index (χ0n) is 12.1. The molecule has 0 unspecified atom stereocenters. The highest BCUT2D eigenvalue weighted by molar-refractivity contribution is 7.82. The summed E-state index contributed by atoms with van der Waals surface area (Å²) < 4.78 is 1.05. The molecule has 3 amide bonds. The predicted octanol–water partition coefficient (Wildman–Crippen LogP) is 2.94. The summed E-state index contributed by atoms with van der Waals surface area (Å²) in [7, 11) is 0. The lowest BCUT2D eigenvalue weighted by Crippen LogP contribution is -2.26. The Balaban J connectivity index is 2.08. The summed E-state index contributed by atoms with van der Waals surface area (Å²) in [5, 5.41) is 23.9. The van der Waals surface area contributed by atoms with Gasteiger partial charge < -0.3 is 20.8 Å². The highest BCUT2D eigenvalue weighted by atomic mass is 32.1.